The van der Waals surface area contributed by atoms with Crippen LogP contribution in [0.5, 0.6) is 0 Å². The topological polar surface area (TPSA) is 79.4 Å². The maximum atomic E-state index is 13.4. The van der Waals surface area contributed by atoms with Gasteiger partial charge in [0.05, 0.1) is 22.2 Å². The van der Waals surface area contributed by atoms with Crippen molar-refractivity contribution in [2.45, 2.75) is 64.3 Å². The Morgan fingerprint density at radius 1 is 1.08 bits per heavy atom. The Balaban J connectivity index is 1.38. The molecular formula is C29H35N3O3S. The molecule has 1 fully saturated rings. The lowest BCUT2D eigenvalue weighted by molar-refractivity contribution is -0.135. The third-order valence-corrected chi connectivity index (χ3v) is 7.90. The molecule has 2 aromatic carbocycles. The van der Waals surface area contributed by atoms with E-state index in [1.807, 2.05) is 59.5 Å². The molecule has 1 saturated heterocycles. The zero-order chi connectivity index (χ0) is 25.3. The van der Waals surface area contributed by atoms with Crippen molar-refractivity contribution in [2.24, 2.45) is 5.92 Å². The van der Waals surface area contributed by atoms with Crippen molar-refractivity contribution in [2.75, 3.05) is 13.1 Å². The number of fused-ring (bicyclic) bond motifs is 1. The molecule has 3 aromatic rings. The molecule has 0 bridgehead atoms. The molecular weight excluding hydrogens is 470 g/mol. The lowest BCUT2D eigenvalue weighted by Gasteiger charge is -2.33. The summed E-state index contributed by atoms with van der Waals surface area (Å²) in [5, 5.41) is 3.49. The molecule has 2 amide bonds. The second-order valence-electron chi connectivity index (χ2n) is 9.57. The molecule has 1 aliphatic heterocycles. The summed E-state index contributed by atoms with van der Waals surface area (Å²) in [5.74, 6) is -0.462. The molecule has 1 aromatic heterocycles. The first-order chi connectivity index (χ1) is 17.5. The number of rotatable bonds is 11. The van der Waals surface area contributed by atoms with Gasteiger partial charge in [0, 0.05) is 19.5 Å². The summed E-state index contributed by atoms with van der Waals surface area (Å²) in [4.78, 5) is 45.9. The summed E-state index contributed by atoms with van der Waals surface area (Å²) in [6, 6.07) is 17.1. The van der Waals surface area contributed by atoms with Gasteiger partial charge < -0.3 is 10.2 Å². The van der Waals surface area contributed by atoms with E-state index in [0.717, 1.165) is 47.9 Å². The van der Waals surface area contributed by atoms with Crippen LogP contribution in [0.1, 0.15) is 67.2 Å². The van der Waals surface area contributed by atoms with Crippen molar-refractivity contribution < 1.29 is 14.4 Å². The van der Waals surface area contributed by atoms with Crippen LogP contribution < -0.4 is 5.32 Å². The number of unbranched alkanes of at least 4 members (excludes halogenated alkanes) is 2. The number of nitrogens with zero attached hydrogens (tertiary/aromatic N) is 2. The van der Waals surface area contributed by atoms with Crippen molar-refractivity contribution in [3.8, 4) is 0 Å². The van der Waals surface area contributed by atoms with Gasteiger partial charge in [-0.2, -0.15) is 0 Å². The fraction of sp³-hybridized carbons (Fsp3) is 0.448. The minimum absolute atomic E-state index is 0.0846. The molecule has 2 atom stereocenters. The number of aromatic nitrogens is 1. The van der Waals surface area contributed by atoms with Gasteiger partial charge in [-0.05, 0) is 43.4 Å². The molecule has 190 valence electrons. The number of benzene rings is 2. The summed E-state index contributed by atoms with van der Waals surface area (Å²) in [6.07, 6.45) is 6.17. The van der Waals surface area contributed by atoms with Gasteiger partial charge >= 0.3 is 0 Å². The Labute approximate surface area is 217 Å². The van der Waals surface area contributed by atoms with Crippen LogP contribution in [0.25, 0.3) is 10.2 Å². The highest BCUT2D eigenvalue weighted by molar-refractivity contribution is 7.20. The number of amides is 2. The molecule has 1 aliphatic rings. The fourth-order valence-corrected chi connectivity index (χ4v) is 5.72. The van der Waals surface area contributed by atoms with Gasteiger partial charge in [-0.15, -0.1) is 11.3 Å². The summed E-state index contributed by atoms with van der Waals surface area (Å²) < 4.78 is 0.969. The first-order valence-corrected chi connectivity index (χ1v) is 13.9. The van der Waals surface area contributed by atoms with E-state index in [2.05, 4.69) is 17.2 Å². The number of carbonyl (C=O) groups excluding carboxylic acids is 3. The van der Waals surface area contributed by atoms with Crippen LogP contribution in [0.2, 0.25) is 0 Å². The van der Waals surface area contributed by atoms with E-state index in [-0.39, 0.29) is 23.5 Å². The van der Waals surface area contributed by atoms with Crippen molar-refractivity contribution >= 4 is 39.2 Å². The molecule has 0 unspecified atom stereocenters. The highest BCUT2D eigenvalue weighted by Crippen LogP contribution is 2.24. The zero-order valence-corrected chi connectivity index (χ0v) is 21.8. The van der Waals surface area contributed by atoms with E-state index in [1.54, 1.807) is 0 Å². The normalized spacial score (nSPS) is 16.6. The summed E-state index contributed by atoms with van der Waals surface area (Å²) in [6.45, 7) is 3.22. The number of hydrogen-bond acceptors (Lipinski definition) is 5. The van der Waals surface area contributed by atoms with Gasteiger partial charge in [0.2, 0.25) is 17.6 Å². The monoisotopic (exact) mass is 505 g/mol. The van der Waals surface area contributed by atoms with Crippen LogP contribution in [0.15, 0.2) is 54.6 Å². The second-order valence-corrected chi connectivity index (χ2v) is 10.6. The lowest BCUT2D eigenvalue weighted by Crippen LogP contribution is -2.49. The third-order valence-electron chi connectivity index (χ3n) is 6.85. The van der Waals surface area contributed by atoms with Gasteiger partial charge in [-0.3, -0.25) is 14.4 Å². The number of Topliss-reactive ketones (excluding diaryl/α,β-unsaturated/α-hetero) is 1. The van der Waals surface area contributed by atoms with Gasteiger partial charge in [0.25, 0.3) is 0 Å². The summed E-state index contributed by atoms with van der Waals surface area (Å²) >= 11 is 1.38. The Kier molecular flexibility index (Phi) is 9.23. The average Bonchev–Trinajstić information content (AvgIpc) is 3.36. The maximum absolute atomic E-state index is 13.4. The van der Waals surface area contributed by atoms with Gasteiger partial charge in [0.1, 0.15) is 0 Å². The Morgan fingerprint density at radius 2 is 1.86 bits per heavy atom. The summed E-state index contributed by atoms with van der Waals surface area (Å²) in [7, 11) is 0. The van der Waals surface area contributed by atoms with Crippen molar-refractivity contribution in [1.29, 1.82) is 0 Å². The number of para-hydroxylation sites is 1. The number of nitrogens with one attached hydrogen (secondary N) is 1. The number of hydrogen-bond donors (Lipinski definition) is 1. The average molecular weight is 506 g/mol. The highest BCUT2D eigenvalue weighted by Gasteiger charge is 2.31. The molecule has 1 N–H and O–H groups in total. The van der Waals surface area contributed by atoms with E-state index in [9.17, 15) is 14.4 Å². The number of likely N-dealkylation sites (tertiary alicyclic amines) is 1. The minimum Gasteiger partial charge on any atom is -0.346 e. The minimum atomic E-state index is -0.589. The predicted molar refractivity (Wildman–Crippen MR) is 144 cm³/mol. The van der Waals surface area contributed by atoms with Crippen molar-refractivity contribution in [3.63, 3.8) is 0 Å². The molecule has 4 rings (SSSR count). The molecule has 0 radical (unpaired) electrons. The van der Waals surface area contributed by atoms with Crippen LogP contribution in [-0.4, -0.2) is 46.6 Å². The first-order valence-electron chi connectivity index (χ1n) is 13.1. The van der Waals surface area contributed by atoms with Crippen LogP contribution in [0, 0.1) is 5.92 Å². The molecule has 0 spiro atoms. The maximum Gasteiger partial charge on any atom is 0.225 e. The molecule has 6 nitrogen and oxygen atoms in total. The third kappa shape index (κ3) is 6.78. The molecule has 2 heterocycles. The number of piperidine rings is 1. The van der Waals surface area contributed by atoms with E-state index in [0.29, 0.717) is 37.4 Å². The van der Waals surface area contributed by atoms with Crippen molar-refractivity contribution in [3.05, 3.63) is 65.2 Å². The fourth-order valence-electron chi connectivity index (χ4n) is 4.76. The molecule has 0 aliphatic carbocycles. The van der Waals surface area contributed by atoms with Crippen LogP contribution >= 0.6 is 11.3 Å². The molecule has 36 heavy (non-hydrogen) atoms. The quantitative estimate of drug-likeness (QED) is 0.279. The van der Waals surface area contributed by atoms with Gasteiger partial charge in [-0.1, -0.05) is 68.7 Å². The van der Waals surface area contributed by atoms with E-state index < -0.39 is 6.04 Å². The Hall–Kier alpha value is -3.06. The van der Waals surface area contributed by atoms with Crippen LogP contribution in [0.4, 0.5) is 0 Å². The zero-order valence-electron chi connectivity index (χ0n) is 20.9. The number of carbonyl (C=O) groups is 3. The summed E-state index contributed by atoms with van der Waals surface area (Å²) in [5.41, 5.74) is 1.95. The Bertz CT molecular complexity index is 1140. The molecule has 7 heteroatoms. The number of thiazole rings is 1. The SMILES string of the molecule is CCCCC[C@H](NC(=O)[C@H]1CCCN(C(=O)CCc2ccccc2)C1)C(=O)c1nc2ccccc2s1. The van der Waals surface area contributed by atoms with Crippen LogP contribution in [-0.2, 0) is 16.0 Å². The van der Waals surface area contributed by atoms with Crippen LogP contribution in [0.3, 0.4) is 0 Å². The van der Waals surface area contributed by atoms with E-state index in [1.165, 1.54) is 11.3 Å². The Morgan fingerprint density at radius 3 is 2.64 bits per heavy atom. The van der Waals surface area contributed by atoms with Crippen molar-refractivity contribution in [1.82, 2.24) is 15.2 Å². The van der Waals surface area contributed by atoms with Gasteiger partial charge in [0.15, 0.2) is 5.01 Å². The largest absolute Gasteiger partial charge is 0.346 e. The highest BCUT2D eigenvalue weighted by atomic mass is 32.1. The predicted octanol–water partition coefficient (Wildman–Crippen LogP) is 5.42. The molecule has 0 saturated carbocycles. The second kappa shape index (κ2) is 12.8. The first kappa shape index (κ1) is 26.0. The lowest BCUT2D eigenvalue weighted by atomic mass is 9.95. The van der Waals surface area contributed by atoms with Gasteiger partial charge in [-0.25, -0.2) is 4.98 Å². The van der Waals surface area contributed by atoms with E-state index in [4.69, 9.17) is 0 Å². The number of aryl methyl sites for hydroxylation is 1. The number of ketones is 1. The van der Waals surface area contributed by atoms with E-state index >= 15 is 0 Å². The standard InChI is InChI=1S/C29H35N3O3S/c1-2-3-5-15-24(27(34)29-31-23-14-8-9-16-25(23)36-29)30-28(35)22-13-10-19-32(20-22)26(33)18-17-21-11-6-4-7-12-21/h4,6-9,11-12,14,16,22,24H,2-3,5,10,13,15,17-20H2,1H3,(H,30,35)/t22-,24-/m0/s1. The smallest absolute Gasteiger partial charge is 0.225 e.